The third kappa shape index (κ3) is 4.95. The van der Waals surface area contributed by atoms with Crippen molar-refractivity contribution in [2.24, 2.45) is 11.3 Å². The van der Waals surface area contributed by atoms with Gasteiger partial charge in [-0.2, -0.15) is 0 Å². The van der Waals surface area contributed by atoms with Crippen LogP contribution < -0.4 is 10.6 Å². The molecule has 0 radical (unpaired) electrons. The quantitative estimate of drug-likeness (QED) is 0.693. The Morgan fingerprint density at radius 3 is 2.53 bits per heavy atom. The number of carbonyl (C=O) groups excluding carboxylic acids is 2. The van der Waals surface area contributed by atoms with Crippen molar-refractivity contribution in [3.05, 3.63) is 47.8 Å². The number of piperidine rings is 1. The molecular weight excluding hydrogens is 404 g/mol. The van der Waals surface area contributed by atoms with Crippen LogP contribution in [0.5, 0.6) is 0 Å². The molecule has 172 valence electrons. The first-order valence-corrected chi connectivity index (χ1v) is 11.7. The second-order valence-electron chi connectivity index (χ2n) is 9.57. The van der Waals surface area contributed by atoms with Crippen LogP contribution in [0.3, 0.4) is 0 Å². The molecule has 1 aliphatic carbocycles. The van der Waals surface area contributed by atoms with E-state index in [-0.39, 0.29) is 23.4 Å². The van der Waals surface area contributed by atoms with Crippen LogP contribution in [0.2, 0.25) is 0 Å². The first-order valence-electron chi connectivity index (χ1n) is 11.7. The van der Waals surface area contributed by atoms with Gasteiger partial charge in [0, 0.05) is 26.2 Å². The Morgan fingerprint density at radius 2 is 1.88 bits per heavy atom. The summed E-state index contributed by atoms with van der Waals surface area (Å²) >= 11 is 0. The number of aromatic nitrogens is 3. The summed E-state index contributed by atoms with van der Waals surface area (Å²) in [5.74, 6) is 0.380. The van der Waals surface area contributed by atoms with E-state index >= 15 is 0 Å². The summed E-state index contributed by atoms with van der Waals surface area (Å²) in [6, 6.07) is 10.1. The molecule has 32 heavy (non-hydrogen) atoms. The van der Waals surface area contributed by atoms with E-state index in [1.165, 1.54) is 0 Å². The summed E-state index contributed by atoms with van der Waals surface area (Å²) in [6.07, 6.45) is 6.87. The van der Waals surface area contributed by atoms with Gasteiger partial charge in [-0.05, 0) is 49.0 Å². The van der Waals surface area contributed by atoms with Crippen molar-refractivity contribution in [2.75, 3.05) is 19.6 Å². The van der Waals surface area contributed by atoms with Gasteiger partial charge in [0.1, 0.15) is 0 Å². The first kappa shape index (κ1) is 22.3. The Labute approximate surface area is 189 Å². The third-order valence-electron chi connectivity index (χ3n) is 7.03. The molecule has 8 nitrogen and oxygen atoms in total. The highest BCUT2D eigenvalue weighted by Crippen LogP contribution is 2.56. The summed E-state index contributed by atoms with van der Waals surface area (Å²) in [4.78, 5) is 26.9. The molecule has 2 aromatic rings. The lowest BCUT2D eigenvalue weighted by molar-refractivity contribution is -0.0228. The van der Waals surface area contributed by atoms with Crippen molar-refractivity contribution in [1.29, 1.82) is 0 Å². The summed E-state index contributed by atoms with van der Waals surface area (Å²) in [7, 11) is 0. The fraction of sp³-hybridized carbons (Fsp3) is 0.583. The van der Waals surface area contributed by atoms with E-state index in [9.17, 15) is 9.59 Å². The second-order valence-corrected chi connectivity index (χ2v) is 9.57. The van der Waals surface area contributed by atoms with E-state index in [4.69, 9.17) is 0 Å². The summed E-state index contributed by atoms with van der Waals surface area (Å²) in [6.45, 7) is 7.06. The van der Waals surface area contributed by atoms with Crippen LogP contribution in [0.1, 0.15) is 68.0 Å². The van der Waals surface area contributed by atoms with Crippen LogP contribution in [0.15, 0.2) is 36.5 Å². The lowest BCUT2D eigenvalue weighted by atomic mass is 9.59. The number of nitrogens with one attached hydrogen (secondary N) is 2. The van der Waals surface area contributed by atoms with Gasteiger partial charge in [-0.25, -0.2) is 9.48 Å². The number of urea groups is 1. The van der Waals surface area contributed by atoms with Crippen LogP contribution in [0.25, 0.3) is 0 Å². The number of carbonyl (C=O) groups is 2. The highest BCUT2D eigenvalue weighted by Gasteiger charge is 2.50. The molecule has 1 atom stereocenters. The summed E-state index contributed by atoms with van der Waals surface area (Å²) in [5.41, 5.74) is 1.55. The van der Waals surface area contributed by atoms with Gasteiger partial charge in [0.15, 0.2) is 5.69 Å². The third-order valence-corrected chi connectivity index (χ3v) is 7.03. The van der Waals surface area contributed by atoms with E-state index in [1.807, 2.05) is 39.9 Å². The Bertz CT molecular complexity index is 918. The zero-order chi connectivity index (χ0) is 22.6. The molecular formula is C24H34N6O2. The molecule has 1 aliphatic heterocycles. The van der Waals surface area contributed by atoms with Crippen molar-refractivity contribution in [1.82, 2.24) is 30.5 Å². The van der Waals surface area contributed by atoms with Crippen LogP contribution in [-0.4, -0.2) is 51.5 Å². The Balaban J connectivity index is 1.29. The maximum atomic E-state index is 12.5. The molecule has 2 heterocycles. The van der Waals surface area contributed by atoms with E-state index in [1.54, 1.807) is 6.20 Å². The average molecular weight is 439 g/mol. The zero-order valence-electron chi connectivity index (χ0n) is 19.1. The monoisotopic (exact) mass is 438 g/mol. The lowest BCUT2D eigenvalue weighted by Crippen LogP contribution is -2.53. The standard InChI is InChI=1S/C24H34N6O2/c1-18(2)9-13-25-23(32)29-14-11-24(12-15-29)10-8-21(24)30-17-20(27-28-30)22(31)26-16-19-6-4-3-5-7-19/h3-7,17-18,21H,8-16H2,1-2H3,(H,25,32)(H,26,31). The van der Waals surface area contributed by atoms with Crippen LogP contribution in [0.4, 0.5) is 4.79 Å². The molecule has 2 N–H and O–H groups in total. The minimum atomic E-state index is -0.207. The average Bonchev–Trinajstić information content (AvgIpc) is 3.26. The molecule has 1 saturated heterocycles. The molecule has 2 aliphatic rings. The number of hydrogen-bond donors (Lipinski definition) is 2. The van der Waals surface area contributed by atoms with E-state index in [2.05, 4.69) is 34.8 Å². The number of rotatable bonds is 7. The summed E-state index contributed by atoms with van der Waals surface area (Å²) < 4.78 is 1.87. The molecule has 3 amide bonds. The molecule has 1 aromatic heterocycles. The van der Waals surface area contributed by atoms with Crippen molar-refractivity contribution in [3.8, 4) is 0 Å². The predicted molar refractivity (Wildman–Crippen MR) is 122 cm³/mol. The first-order chi connectivity index (χ1) is 15.5. The van der Waals surface area contributed by atoms with Crippen LogP contribution in [-0.2, 0) is 6.54 Å². The van der Waals surface area contributed by atoms with E-state index in [0.717, 1.165) is 57.3 Å². The molecule has 2 fully saturated rings. The largest absolute Gasteiger partial charge is 0.347 e. The number of amides is 3. The van der Waals surface area contributed by atoms with Gasteiger partial charge in [0.2, 0.25) is 0 Å². The fourth-order valence-electron chi connectivity index (χ4n) is 4.81. The van der Waals surface area contributed by atoms with Gasteiger partial charge < -0.3 is 15.5 Å². The van der Waals surface area contributed by atoms with Gasteiger partial charge in [-0.15, -0.1) is 5.10 Å². The zero-order valence-corrected chi connectivity index (χ0v) is 19.1. The summed E-state index contributed by atoms with van der Waals surface area (Å²) in [5, 5.41) is 14.4. The second kappa shape index (κ2) is 9.71. The minimum Gasteiger partial charge on any atom is -0.347 e. The van der Waals surface area contributed by atoms with Crippen LogP contribution in [0, 0.1) is 11.3 Å². The molecule has 0 bridgehead atoms. The fourth-order valence-corrected chi connectivity index (χ4v) is 4.81. The van der Waals surface area contributed by atoms with Gasteiger partial charge in [-0.3, -0.25) is 4.79 Å². The molecule has 1 spiro atoms. The minimum absolute atomic E-state index is 0.0505. The maximum absolute atomic E-state index is 12.5. The Hall–Kier alpha value is -2.90. The topological polar surface area (TPSA) is 92.2 Å². The highest BCUT2D eigenvalue weighted by atomic mass is 16.2. The Kier molecular flexibility index (Phi) is 6.77. The SMILES string of the molecule is CC(C)CCNC(=O)N1CCC2(CCC2n2cc(C(=O)NCc3ccccc3)nn2)CC1. The highest BCUT2D eigenvalue weighted by molar-refractivity contribution is 5.91. The number of nitrogens with zero attached hydrogens (tertiary/aromatic N) is 4. The number of benzene rings is 1. The molecule has 8 heteroatoms. The maximum Gasteiger partial charge on any atom is 0.317 e. The molecule has 1 aromatic carbocycles. The normalized spacial score (nSPS) is 19.6. The Morgan fingerprint density at radius 1 is 1.12 bits per heavy atom. The van der Waals surface area contributed by atoms with Crippen molar-refractivity contribution in [3.63, 3.8) is 0 Å². The molecule has 4 rings (SSSR count). The van der Waals surface area contributed by atoms with Gasteiger partial charge in [0.25, 0.3) is 5.91 Å². The van der Waals surface area contributed by atoms with E-state index < -0.39 is 0 Å². The smallest absolute Gasteiger partial charge is 0.317 e. The van der Waals surface area contributed by atoms with Gasteiger partial charge >= 0.3 is 6.03 Å². The molecule has 1 saturated carbocycles. The van der Waals surface area contributed by atoms with Crippen LogP contribution >= 0.6 is 0 Å². The lowest BCUT2D eigenvalue weighted by Gasteiger charge is -2.53. The van der Waals surface area contributed by atoms with E-state index in [0.29, 0.717) is 18.2 Å². The molecule has 1 unspecified atom stereocenters. The predicted octanol–water partition coefficient (Wildman–Crippen LogP) is 3.38. The number of hydrogen-bond acceptors (Lipinski definition) is 4. The van der Waals surface area contributed by atoms with Crippen molar-refractivity contribution in [2.45, 2.75) is 58.5 Å². The van der Waals surface area contributed by atoms with Crippen molar-refractivity contribution < 1.29 is 9.59 Å². The van der Waals surface area contributed by atoms with Crippen molar-refractivity contribution >= 4 is 11.9 Å². The van der Waals surface area contributed by atoms with Gasteiger partial charge in [0.05, 0.1) is 12.2 Å². The number of likely N-dealkylation sites (tertiary alicyclic amines) is 1. The van der Waals surface area contributed by atoms with Gasteiger partial charge in [-0.1, -0.05) is 49.4 Å².